The summed E-state index contributed by atoms with van der Waals surface area (Å²) in [7, 11) is 1.60. The van der Waals surface area contributed by atoms with Gasteiger partial charge < -0.3 is 14.8 Å². The number of anilines is 1. The van der Waals surface area contributed by atoms with Gasteiger partial charge in [0.05, 0.1) is 32.2 Å². The molecule has 100 valence electrons. The van der Waals surface area contributed by atoms with E-state index in [1.807, 2.05) is 0 Å². The number of methoxy groups -OCH3 is 1. The first-order valence-electron chi connectivity index (χ1n) is 6.25. The summed E-state index contributed by atoms with van der Waals surface area (Å²) in [4.78, 5) is 10.7. The molecule has 1 aromatic heterocycles. The van der Waals surface area contributed by atoms with Gasteiger partial charge in [-0.25, -0.2) is 9.97 Å². The summed E-state index contributed by atoms with van der Waals surface area (Å²) in [5.41, 5.74) is 0. The highest BCUT2D eigenvalue weighted by molar-refractivity contribution is 5.27. The van der Waals surface area contributed by atoms with Crippen molar-refractivity contribution in [2.24, 2.45) is 0 Å². The lowest BCUT2D eigenvalue weighted by Gasteiger charge is -2.32. The fourth-order valence-corrected chi connectivity index (χ4v) is 1.91. The van der Waals surface area contributed by atoms with Crippen LogP contribution in [0.3, 0.4) is 0 Å². The van der Waals surface area contributed by atoms with Crippen LogP contribution in [0.1, 0.15) is 6.92 Å². The Kier molecular flexibility index (Phi) is 4.72. The first-order chi connectivity index (χ1) is 8.81. The summed E-state index contributed by atoms with van der Waals surface area (Å²) in [5, 5.41) is 3.18. The average Bonchev–Trinajstić information content (AvgIpc) is 2.46. The van der Waals surface area contributed by atoms with Crippen molar-refractivity contribution in [2.45, 2.75) is 13.0 Å². The van der Waals surface area contributed by atoms with E-state index in [-0.39, 0.29) is 6.10 Å². The predicted molar refractivity (Wildman–Crippen MR) is 68.9 cm³/mol. The molecule has 2 heterocycles. The molecule has 1 saturated heterocycles. The van der Waals surface area contributed by atoms with Crippen molar-refractivity contribution < 1.29 is 9.47 Å². The van der Waals surface area contributed by atoms with Gasteiger partial charge >= 0.3 is 0 Å². The number of hydrogen-bond acceptors (Lipinski definition) is 6. The van der Waals surface area contributed by atoms with E-state index in [4.69, 9.17) is 9.47 Å². The SMILES string of the molecule is CCN1CCOC(CNc2ncc(OC)cn2)C1. The highest BCUT2D eigenvalue weighted by atomic mass is 16.5. The van der Waals surface area contributed by atoms with Crippen molar-refractivity contribution >= 4 is 5.95 Å². The van der Waals surface area contributed by atoms with E-state index in [0.29, 0.717) is 11.7 Å². The van der Waals surface area contributed by atoms with Gasteiger partial charge in [0.2, 0.25) is 5.95 Å². The van der Waals surface area contributed by atoms with E-state index in [0.717, 1.165) is 32.8 Å². The predicted octanol–water partition coefficient (Wildman–Crippen LogP) is 0.618. The monoisotopic (exact) mass is 252 g/mol. The number of nitrogens with one attached hydrogen (secondary N) is 1. The molecule has 1 fully saturated rings. The third-order valence-corrected chi connectivity index (χ3v) is 3.02. The standard InChI is InChI=1S/C12H20N4O2/c1-3-16-4-5-18-11(9-16)8-15-12-13-6-10(17-2)7-14-12/h6-7,11H,3-5,8-9H2,1-2H3,(H,13,14,15). The second-order valence-electron chi connectivity index (χ2n) is 4.21. The van der Waals surface area contributed by atoms with E-state index in [9.17, 15) is 0 Å². The van der Waals surface area contributed by atoms with Crippen molar-refractivity contribution in [1.29, 1.82) is 0 Å². The molecule has 1 unspecified atom stereocenters. The molecule has 1 aliphatic rings. The zero-order valence-corrected chi connectivity index (χ0v) is 10.9. The summed E-state index contributed by atoms with van der Waals surface area (Å²) in [6.07, 6.45) is 3.49. The summed E-state index contributed by atoms with van der Waals surface area (Å²) >= 11 is 0. The maximum Gasteiger partial charge on any atom is 0.222 e. The topological polar surface area (TPSA) is 59.5 Å². The summed E-state index contributed by atoms with van der Waals surface area (Å²) in [5.74, 6) is 1.26. The summed E-state index contributed by atoms with van der Waals surface area (Å²) < 4.78 is 10.7. The van der Waals surface area contributed by atoms with Crippen LogP contribution in [-0.4, -0.2) is 60.9 Å². The molecule has 1 atom stereocenters. The van der Waals surface area contributed by atoms with E-state index < -0.39 is 0 Å². The third-order valence-electron chi connectivity index (χ3n) is 3.02. The van der Waals surface area contributed by atoms with Gasteiger partial charge in [-0.05, 0) is 6.54 Å². The Morgan fingerprint density at radius 1 is 1.50 bits per heavy atom. The van der Waals surface area contributed by atoms with Gasteiger partial charge in [-0.3, -0.25) is 4.90 Å². The molecule has 1 aromatic rings. The molecule has 0 spiro atoms. The van der Waals surface area contributed by atoms with Crippen LogP contribution >= 0.6 is 0 Å². The van der Waals surface area contributed by atoms with Crippen LogP contribution < -0.4 is 10.1 Å². The Labute approximate surface area is 107 Å². The number of aromatic nitrogens is 2. The lowest BCUT2D eigenvalue weighted by molar-refractivity contribution is -0.0192. The number of nitrogens with zero attached hydrogens (tertiary/aromatic N) is 3. The maximum absolute atomic E-state index is 5.69. The highest BCUT2D eigenvalue weighted by Crippen LogP contribution is 2.09. The molecular weight excluding hydrogens is 232 g/mol. The molecule has 0 aromatic carbocycles. The van der Waals surface area contributed by atoms with Crippen LogP contribution in [0.25, 0.3) is 0 Å². The fourth-order valence-electron chi connectivity index (χ4n) is 1.91. The fraction of sp³-hybridized carbons (Fsp3) is 0.667. The Morgan fingerprint density at radius 2 is 2.28 bits per heavy atom. The molecule has 0 bridgehead atoms. The largest absolute Gasteiger partial charge is 0.494 e. The number of likely N-dealkylation sites (N-methyl/N-ethyl adjacent to an activating group) is 1. The minimum Gasteiger partial charge on any atom is -0.494 e. The van der Waals surface area contributed by atoms with Crippen LogP contribution in [0.2, 0.25) is 0 Å². The Bertz CT molecular complexity index is 358. The molecular formula is C12H20N4O2. The van der Waals surface area contributed by atoms with Crippen molar-refractivity contribution in [3.05, 3.63) is 12.4 Å². The second-order valence-corrected chi connectivity index (χ2v) is 4.21. The van der Waals surface area contributed by atoms with Crippen LogP contribution in [0.15, 0.2) is 12.4 Å². The zero-order chi connectivity index (χ0) is 12.8. The quantitative estimate of drug-likeness (QED) is 0.829. The van der Waals surface area contributed by atoms with E-state index >= 15 is 0 Å². The Morgan fingerprint density at radius 3 is 2.94 bits per heavy atom. The molecule has 2 rings (SSSR count). The molecule has 0 saturated carbocycles. The van der Waals surface area contributed by atoms with Crippen molar-refractivity contribution in [3.8, 4) is 5.75 Å². The van der Waals surface area contributed by atoms with Gasteiger partial charge in [0.1, 0.15) is 0 Å². The molecule has 0 radical (unpaired) electrons. The van der Waals surface area contributed by atoms with Crippen LogP contribution in [0.4, 0.5) is 5.95 Å². The zero-order valence-electron chi connectivity index (χ0n) is 10.9. The number of hydrogen-bond donors (Lipinski definition) is 1. The van der Waals surface area contributed by atoms with Gasteiger partial charge in [0.25, 0.3) is 0 Å². The van der Waals surface area contributed by atoms with Crippen LogP contribution in [0.5, 0.6) is 5.75 Å². The molecule has 0 amide bonds. The minimum absolute atomic E-state index is 0.199. The minimum atomic E-state index is 0.199. The lowest BCUT2D eigenvalue weighted by Crippen LogP contribution is -2.45. The van der Waals surface area contributed by atoms with Crippen LogP contribution in [-0.2, 0) is 4.74 Å². The smallest absolute Gasteiger partial charge is 0.222 e. The molecule has 1 N–H and O–H groups in total. The molecule has 1 aliphatic heterocycles. The molecule has 0 aliphatic carbocycles. The van der Waals surface area contributed by atoms with Gasteiger partial charge in [0.15, 0.2) is 5.75 Å². The number of rotatable bonds is 5. The van der Waals surface area contributed by atoms with Gasteiger partial charge in [0, 0.05) is 19.6 Å². The average molecular weight is 252 g/mol. The van der Waals surface area contributed by atoms with Crippen molar-refractivity contribution in [1.82, 2.24) is 14.9 Å². The Balaban J connectivity index is 1.79. The Hall–Kier alpha value is -1.40. The third kappa shape index (κ3) is 3.54. The normalized spacial score (nSPS) is 20.7. The molecule has 6 heteroatoms. The molecule has 6 nitrogen and oxygen atoms in total. The van der Waals surface area contributed by atoms with E-state index in [2.05, 4.69) is 27.1 Å². The first kappa shape index (κ1) is 13.0. The summed E-state index contributed by atoms with van der Waals surface area (Å²) in [6, 6.07) is 0. The van der Waals surface area contributed by atoms with E-state index in [1.54, 1.807) is 19.5 Å². The van der Waals surface area contributed by atoms with Gasteiger partial charge in [-0.15, -0.1) is 0 Å². The molecule has 18 heavy (non-hydrogen) atoms. The number of morpholine rings is 1. The summed E-state index contributed by atoms with van der Waals surface area (Å²) in [6.45, 7) is 6.74. The van der Waals surface area contributed by atoms with Crippen LogP contribution in [0, 0.1) is 0 Å². The second kappa shape index (κ2) is 6.51. The lowest BCUT2D eigenvalue weighted by atomic mass is 10.2. The van der Waals surface area contributed by atoms with Crippen molar-refractivity contribution in [2.75, 3.05) is 45.2 Å². The van der Waals surface area contributed by atoms with Crippen molar-refractivity contribution in [3.63, 3.8) is 0 Å². The highest BCUT2D eigenvalue weighted by Gasteiger charge is 2.18. The number of ether oxygens (including phenoxy) is 2. The van der Waals surface area contributed by atoms with Gasteiger partial charge in [-0.2, -0.15) is 0 Å². The van der Waals surface area contributed by atoms with Gasteiger partial charge in [-0.1, -0.05) is 6.92 Å². The van der Waals surface area contributed by atoms with E-state index in [1.165, 1.54) is 0 Å². The first-order valence-corrected chi connectivity index (χ1v) is 6.25. The maximum atomic E-state index is 5.69.